The summed E-state index contributed by atoms with van der Waals surface area (Å²) in [5.74, 6) is 0.824. The van der Waals surface area contributed by atoms with E-state index < -0.39 is 6.10 Å². The van der Waals surface area contributed by atoms with Crippen LogP contribution in [0, 0.1) is 5.41 Å². The number of hydrogen-bond acceptors (Lipinski definition) is 6. The average Bonchev–Trinajstić information content (AvgIpc) is 3.31. The third-order valence-corrected chi connectivity index (χ3v) is 6.24. The summed E-state index contributed by atoms with van der Waals surface area (Å²) < 4.78 is 5.99. The average molecular weight is 429 g/mol. The van der Waals surface area contributed by atoms with Crippen LogP contribution in [0.4, 0.5) is 0 Å². The van der Waals surface area contributed by atoms with Gasteiger partial charge in [-0.05, 0) is 45.2 Å². The second-order valence-corrected chi connectivity index (χ2v) is 8.26. The van der Waals surface area contributed by atoms with Gasteiger partial charge >= 0.3 is 0 Å². The van der Waals surface area contributed by atoms with Gasteiger partial charge in [0, 0.05) is 11.3 Å². The highest BCUT2D eigenvalue weighted by atomic mass is 35.5. The maximum Gasteiger partial charge on any atom is 0.258 e. The Labute approximate surface area is 180 Å². The Bertz CT molecular complexity index is 998. The number of ether oxygens (including phenoxy) is 1. The molecule has 0 aromatic heterocycles. The third-order valence-electron chi connectivity index (χ3n) is 5.68. The monoisotopic (exact) mass is 428 g/mol. The van der Waals surface area contributed by atoms with Crippen LogP contribution < -0.4 is 10.1 Å². The van der Waals surface area contributed by atoms with E-state index in [9.17, 15) is 9.90 Å². The molecule has 158 valence electrons. The summed E-state index contributed by atoms with van der Waals surface area (Å²) >= 11 is 6.20. The molecule has 3 N–H and O–H groups in total. The van der Waals surface area contributed by atoms with Crippen LogP contribution in [0.1, 0.15) is 43.5 Å². The Balaban J connectivity index is 1.56. The van der Waals surface area contributed by atoms with Crippen LogP contribution in [-0.4, -0.2) is 52.6 Å². The number of amides is 1. The molecule has 7 nitrogen and oxygen atoms in total. The number of halogens is 1. The van der Waals surface area contributed by atoms with E-state index in [1.54, 1.807) is 23.1 Å². The van der Waals surface area contributed by atoms with Crippen LogP contribution in [0.25, 0.3) is 0 Å². The number of para-hydroxylation sites is 1. The second-order valence-electron chi connectivity index (χ2n) is 7.88. The van der Waals surface area contributed by atoms with E-state index >= 15 is 0 Å². The Morgan fingerprint density at radius 3 is 2.77 bits per heavy atom. The van der Waals surface area contributed by atoms with Crippen LogP contribution in [0.5, 0.6) is 5.75 Å². The lowest BCUT2D eigenvalue weighted by molar-refractivity contribution is 0.0580. The van der Waals surface area contributed by atoms with E-state index in [1.165, 1.54) is 0 Å². The van der Waals surface area contributed by atoms with Gasteiger partial charge < -0.3 is 25.5 Å². The van der Waals surface area contributed by atoms with E-state index in [4.69, 9.17) is 21.7 Å². The van der Waals surface area contributed by atoms with Gasteiger partial charge in [0.25, 0.3) is 5.91 Å². The molecular weight excluding hydrogens is 404 g/mol. The van der Waals surface area contributed by atoms with Crippen molar-refractivity contribution in [3.63, 3.8) is 0 Å². The summed E-state index contributed by atoms with van der Waals surface area (Å²) in [6.45, 7) is 4.15. The highest BCUT2D eigenvalue weighted by Gasteiger charge is 2.33. The molecule has 1 saturated heterocycles. The number of benzene rings is 1. The smallest absolute Gasteiger partial charge is 0.258 e. The van der Waals surface area contributed by atoms with Gasteiger partial charge in [-0.1, -0.05) is 23.7 Å². The molecule has 8 heteroatoms. The number of nitrogens with zero attached hydrogens (tertiary/aromatic N) is 2. The fourth-order valence-electron chi connectivity index (χ4n) is 4.00. The van der Waals surface area contributed by atoms with Crippen molar-refractivity contribution in [2.24, 2.45) is 4.99 Å². The molecule has 0 spiro atoms. The first-order valence-electron chi connectivity index (χ1n) is 10.1. The SMILES string of the molecule is CC1=N/C(=C2\CN(C(=O)c3ccccc3OC3CCCC3O)CC2=N)NC(C)=C1Cl. The van der Waals surface area contributed by atoms with Gasteiger partial charge in [0.2, 0.25) is 0 Å². The van der Waals surface area contributed by atoms with Crippen LogP contribution in [0.3, 0.4) is 0 Å². The summed E-state index contributed by atoms with van der Waals surface area (Å²) in [6, 6.07) is 7.08. The van der Waals surface area contributed by atoms with Gasteiger partial charge in [-0.2, -0.15) is 0 Å². The topological polar surface area (TPSA) is 98.0 Å². The predicted octanol–water partition coefficient (Wildman–Crippen LogP) is 3.20. The molecule has 4 rings (SSSR count). The number of aliphatic imine (C=N–C) groups is 1. The van der Waals surface area contributed by atoms with Gasteiger partial charge in [0.1, 0.15) is 17.7 Å². The van der Waals surface area contributed by atoms with Crippen molar-refractivity contribution in [2.75, 3.05) is 13.1 Å². The van der Waals surface area contributed by atoms with Crippen molar-refractivity contribution in [1.29, 1.82) is 5.41 Å². The fourth-order valence-corrected chi connectivity index (χ4v) is 4.09. The Kier molecular flexibility index (Phi) is 5.66. The van der Waals surface area contributed by atoms with Crippen molar-refractivity contribution in [1.82, 2.24) is 10.2 Å². The van der Waals surface area contributed by atoms with Crippen molar-refractivity contribution >= 4 is 28.9 Å². The zero-order valence-electron chi connectivity index (χ0n) is 17.0. The first kappa shape index (κ1) is 20.6. The molecule has 1 aromatic carbocycles. The number of aliphatic hydroxyl groups is 1. The van der Waals surface area contributed by atoms with E-state index in [0.717, 1.165) is 18.5 Å². The van der Waals surface area contributed by atoms with Crippen LogP contribution >= 0.6 is 11.6 Å². The first-order chi connectivity index (χ1) is 14.3. The molecule has 2 fully saturated rings. The maximum absolute atomic E-state index is 13.3. The van der Waals surface area contributed by atoms with E-state index in [2.05, 4.69) is 10.3 Å². The minimum atomic E-state index is -0.508. The molecule has 2 heterocycles. The van der Waals surface area contributed by atoms with E-state index in [-0.39, 0.29) is 25.1 Å². The third kappa shape index (κ3) is 3.87. The van der Waals surface area contributed by atoms with Gasteiger partial charge in [-0.15, -0.1) is 0 Å². The number of likely N-dealkylation sites (tertiary alicyclic amines) is 1. The van der Waals surface area contributed by atoms with Gasteiger partial charge in [0.05, 0.1) is 41.2 Å². The molecule has 1 aliphatic carbocycles. The summed E-state index contributed by atoms with van der Waals surface area (Å²) in [4.78, 5) is 19.3. The molecular formula is C22H25ClN4O3. The highest BCUT2D eigenvalue weighted by molar-refractivity contribution is 6.43. The molecule has 3 aliphatic rings. The van der Waals surface area contributed by atoms with Gasteiger partial charge in [-0.25, -0.2) is 4.99 Å². The molecule has 30 heavy (non-hydrogen) atoms. The summed E-state index contributed by atoms with van der Waals surface area (Å²) in [6.07, 6.45) is 1.59. The number of rotatable bonds is 3. The lowest BCUT2D eigenvalue weighted by atomic mass is 10.1. The lowest BCUT2D eigenvalue weighted by Gasteiger charge is -2.21. The van der Waals surface area contributed by atoms with Crippen LogP contribution in [0.15, 0.2) is 51.4 Å². The van der Waals surface area contributed by atoms with Crippen molar-refractivity contribution in [3.05, 3.63) is 52.0 Å². The number of allylic oxidation sites excluding steroid dienone is 2. The van der Waals surface area contributed by atoms with Crippen molar-refractivity contribution in [2.45, 2.75) is 45.3 Å². The number of hydrogen-bond donors (Lipinski definition) is 3. The van der Waals surface area contributed by atoms with Crippen LogP contribution in [0.2, 0.25) is 0 Å². The molecule has 0 radical (unpaired) electrons. The quantitative estimate of drug-likeness (QED) is 0.688. The summed E-state index contributed by atoms with van der Waals surface area (Å²) in [5, 5.41) is 22.2. The van der Waals surface area contributed by atoms with Crippen LogP contribution in [-0.2, 0) is 0 Å². The van der Waals surface area contributed by atoms with Gasteiger partial charge in [0.15, 0.2) is 0 Å². The highest BCUT2D eigenvalue weighted by Crippen LogP contribution is 2.29. The maximum atomic E-state index is 13.3. The molecule has 0 bridgehead atoms. The lowest BCUT2D eigenvalue weighted by Crippen LogP contribution is -2.31. The zero-order chi connectivity index (χ0) is 21.4. The molecule has 1 aromatic rings. The Hall–Kier alpha value is -2.64. The summed E-state index contributed by atoms with van der Waals surface area (Å²) in [7, 11) is 0. The Morgan fingerprint density at radius 2 is 2.07 bits per heavy atom. The Morgan fingerprint density at radius 1 is 1.30 bits per heavy atom. The number of nitrogens with one attached hydrogen (secondary N) is 2. The number of aliphatic hydroxyl groups excluding tert-OH is 1. The van der Waals surface area contributed by atoms with Crippen molar-refractivity contribution < 1.29 is 14.6 Å². The first-order valence-corrected chi connectivity index (χ1v) is 10.5. The van der Waals surface area contributed by atoms with E-state index in [1.807, 2.05) is 19.9 Å². The summed E-state index contributed by atoms with van der Waals surface area (Å²) in [5.41, 5.74) is 2.92. The zero-order valence-corrected chi connectivity index (χ0v) is 17.8. The number of carbonyl (C=O) groups excluding carboxylic acids is 1. The molecule has 2 aliphatic heterocycles. The normalized spacial score (nSPS) is 26.7. The van der Waals surface area contributed by atoms with Gasteiger partial charge in [-0.3, -0.25) is 4.79 Å². The minimum Gasteiger partial charge on any atom is -0.487 e. The molecule has 1 amide bonds. The van der Waals surface area contributed by atoms with Crippen molar-refractivity contribution in [3.8, 4) is 5.75 Å². The largest absolute Gasteiger partial charge is 0.487 e. The molecule has 1 saturated carbocycles. The second kappa shape index (κ2) is 8.24. The molecule has 2 atom stereocenters. The minimum absolute atomic E-state index is 0.199. The molecule has 2 unspecified atom stereocenters. The van der Waals surface area contributed by atoms with E-state index in [0.29, 0.717) is 45.6 Å². The fraction of sp³-hybridized carbons (Fsp3) is 0.409. The number of carbonyl (C=O) groups is 1. The predicted molar refractivity (Wildman–Crippen MR) is 116 cm³/mol. The standard InChI is InChI=1S/C22H25ClN4O3/c1-12-20(23)13(2)26-21(25-12)15-10-27(11-16(15)24)22(29)14-6-3-4-8-18(14)30-19-9-5-7-17(19)28/h3-4,6,8,17,19,24-25,28H,5,7,9-11H2,1-2H3/b21-15+,24-16?.